The number of aromatic nitrogens is 2. The third-order valence-corrected chi connectivity index (χ3v) is 5.53. The van der Waals surface area contributed by atoms with E-state index in [0.29, 0.717) is 12.1 Å². The van der Waals surface area contributed by atoms with Crippen molar-refractivity contribution in [1.82, 2.24) is 20.0 Å². The Labute approximate surface area is 149 Å². The van der Waals surface area contributed by atoms with Crippen molar-refractivity contribution >= 4 is 5.91 Å². The summed E-state index contributed by atoms with van der Waals surface area (Å²) in [6.07, 6.45) is 3.34. The lowest BCUT2D eigenvalue weighted by Gasteiger charge is -2.28. The highest BCUT2D eigenvalue weighted by atomic mass is 16.2. The maximum Gasteiger partial charge on any atom is 0.254 e. The number of aryl methyl sites for hydroxylation is 2. The highest BCUT2D eigenvalue weighted by Gasteiger charge is 2.38. The molecule has 5 heteroatoms. The van der Waals surface area contributed by atoms with Crippen LogP contribution in [-0.2, 0) is 6.54 Å². The first-order valence-electron chi connectivity index (χ1n) is 9.25. The summed E-state index contributed by atoms with van der Waals surface area (Å²) >= 11 is 0. The van der Waals surface area contributed by atoms with Gasteiger partial charge in [0, 0.05) is 29.9 Å². The van der Waals surface area contributed by atoms with Crippen LogP contribution < -0.4 is 5.32 Å². The van der Waals surface area contributed by atoms with Gasteiger partial charge in [-0.3, -0.25) is 9.48 Å². The molecule has 2 atom stereocenters. The van der Waals surface area contributed by atoms with Gasteiger partial charge >= 0.3 is 0 Å². The van der Waals surface area contributed by atoms with Crippen LogP contribution in [0.3, 0.4) is 0 Å². The number of carbonyl (C=O) groups excluding carboxylic acids is 1. The number of amides is 1. The number of nitrogens with zero attached hydrogens (tertiary/aromatic N) is 3. The quantitative estimate of drug-likeness (QED) is 0.935. The molecule has 2 aliphatic rings. The Bertz CT molecular complexity index is 751. The fourth-order valence-corrected chi connectivity index (χ4v) is 4.22. The zero-order valence-electron chi connectivity index (χ0n) is 15.0. The van der Waals surface area contributed by atoms with Crippen molar-refractivity contribution in [3.05, 3.63) is 52.8 Å². The molecule has 132 valence electrons. The summed E-state index contributed by atoms with van der Waals surface area (Å²) in [6, 6.07) is 10.9. The highest BCUT2D eigenvalue weighted by Crippen LogP contribution is 2.29. The minimum atomic E-state index is 0.189. The standard InChI is InChI=1S/C20H26N4O/c1-14-11-15(2)23(22-14)13-16-3-5-17(6-4-16)20(25)24-18-7-8-19(24)12-21-10-9-18/h3-6,11,18-19,21H,7-10,12-13H2,1-2H3. The van der Waals surface area contributed by atoms with Crippen molar-refractivity contribution in [2.75, 3.05) is 13.1 Å². The molecule has 1 aromatic heterocycles. The third-order valence-electron chi connectivity index (χ3n) is 5.53. The van der Waals surface area contributed by atoms with E-state index in [0.717, 1.165) is 55.8 Å². The van der Waals surface area contributed by atoms with Crippen LogP contribution in [0.25, 0.3) is 0 Å². The molecule has 2 bridgehead atoms. The summed E-state index contributed by atoms with van der Waals surface area (Å²) in [4.78, 5) is 15.2. The molecule has 3 heterocycles. The largest absolute Gasteiger partial charge is 0.331 e. The molecule has 0 spiro atoms. The van der Waals surface area contributed by atoms with Crippen molar-refractivity contribution in [2.24, 2.45) is 0 Å². The first-order chi connectivity index (χ1) is 12.1. The number of benzene rings is 1. The molecule has 2 aliphatic heterocycles. The van der Waals surface area contributed by atoms with Gasteiger partial charge in [-0.1, -0.05) is 12.1 Å². The van der Waals surface area contributed by atoms with Gasteiger partial charge in [0.05, 0.1) is 12.2 Å². The third kappa shape index (κ3) is 3.21. The van der Waals surface area contributed by atoms with Crippen LogP contribution in [0.1, 0.15) is 46.6 Å². The van der Waals surface area contributed by atoms with E-state index in [1.165, 1.54) is 5.56 Å². The maximum absolute atomic E-state index is 13.0. The minimum absolute atomic E-state index is 0.189. The van der Waals surface area contributed by atoms with Crippen molar-refractivity contribution in [2.45, 2.75) is 51.7 Å². The summed E-state index contributed by atoms with van der Waals surface area (Å²) < 4.78 is 2.01. The Morgan fingerprint density at radius 2 is 1.92 bits per heavy atom. The second-order valence-electron chi connectivity index (χ2n) is 7.37. The van der Waals surface area contributed by atoms with Crippen LogP contribution in [0.2, 0.25) is 0 Å². The van der Waals surface area contributed by atoms with E-state index < -0.39 is 0 Å². The Hall–Kier alpha value is -2.14. The Morgan fingerprint density at radius 3 is 2.64 bits per heavy atom. The fraction of sp³-hybridized carbons (Fsp3) is 0.500. The number of nitrogens with one attached hydrogen (secondary N) is 1. The lowest BCUT2D eigenvalue weighted by Crippen LogP contribution is -2.42. The number of fused-ring (bicyclic) bond motifs is 2. The van der Waals surface area contributed by atoms with Crippen LogP contribution in [0.5, 0.6) is 0 Å². The van der Waals surface area contributed by atoms with Gasteiger partial charge in [0.25, 0.3) is 5.91 Å². The fourth-order valence-electron chi connectivity index (χ4n) is 4.22. The van der Waals surface area contributed by atoms with Gasteiger partial charge < -0.3 is 10.2 Å². The Kier molecular flexibility index (Phi) is 4.34. The van der Waals surface area contributed by atoms with E-state index >= 15 is 0 Å². The lowest BCUT2D eigenvalue weighted by atomic mass is 10.1. The SMILES string of the molecule is Cc1cc(C)n(Cc2ccc(C(=O)N3C4CCNCC3CC4)cc2)n1. The minimum Gasteiger partial charge on any atom is -0.331 e. The van der Waals surface area contributed by atoms with E-state index in [1.807, 2.05) is 23.7 Å². The monoisotopic (exact) mass is 338 g/mol. The predicted octanol–water partition coefficient (Wildman–Crippen LogP) is 2.51. The molecule has 1 amide bonds. The molecule has 0 aliphatic carbocycles. The summed E-state index contributed by atoms with van der Waals surface area (Å²) in [5.41, 5.74) is 4.17. The average molecular weight is 338 g/mol. The zero-order valence-corrected chi connectivity index (χ0v) is 15.0. The van der Waals surface area contributed by atoms with Gasteiger partial charge in [0.2, 0.25) is 0 Å². The van der Waals surface area contributed by atoms with E-state index in [-0.39, 0.29) is 5.91 Å². The number of carbonyl (C=O) groups is 1. The van der Waals surface area contributed by atoms with E-state index in [2.05, 4.69) is 40.4 Å². The van der Waals surface area contributed by atoms with Gasteiger partial charge in [0.1, 0.15) is 0 Å². The molecule has 25 heavy (non-hydrogen) atoms. The first-order valence-corrected chi connectivity index (χ1v) is 9.25. The van der Waals surface area contributed by atoms with Gasteiger partial charge in [-0.15, -0.1) is 0 Å². The van der Waals surface area contributed by atoms with Crippen molar-refractivity contribution in [1.29, 1.82) is 0 Å². The molecular formula is C20H26N4O. The summed E-state index contributed by atoms with van der Waals surface area (Å²) in [7, 11) is 0. The smallest absolute Gasteiger partial charge is 0.254 e. The van der Waals surface area contributed by atoms with Gasteiger partial charge in [0.15, 0.2) is 0 Å². The van der Waals surface area contributed by atoms with E-state index in [1.54, 1.807) is 0 Å². The predicted molar refractivity (Wildman–Crippen MR) is 97.7 cm³/mol. The molecule has 2 saturated heterocycles. The molecule has 4 rings (SSSR count). The van der Waals surface area contributed by atoms with Crippen LogP contribution in [-0.4, -0.2) is 45.8 Å². The number of hydrogen-bond donors (Lipinski definition) is 1. The first kappa shape index (κ1) is 16.3. The van der Waals surface area contributed by atoms with Crippen LogP contribution >= 0.6 is 0 Å². The summed E-state index contributed by atoms with van der Waals surface area (Å²) in [6.45, 7) is 6.77. The molecule has 5 nitrogen and oxygen atoms in total. The van der Waals surface area contributed by atoms with E-state index in [4.69, 9.17) is 0 Å². The average Bonchev–Trinajstić information content (AvgIpc) is 3.04. The van der Waals surface area contributed by atoms with E-state index in [9.17, 15) is 4.79 Å². The summed E-state index contributed by atoms with van der Waals surface area (Å²) in [5.74, 6) is 0.189. The van der Waals surface area contributed by atoms with Crippen molar-refractivity contribution < 1.29 is 4.79 Å². The molecule has 2 unspecified atom stereocenters. The lowest BCUT2D eigenvalue weighted by molar-refractivity contribution is 0.0680. The van der Waals surface area contributed by atoms with Gasteiger partial charge in [-0.05, 0) is 63.4 Å². The Balaban J connectivity index is 1.50. The molecule has 2 fully saturated rings. The topological polar surface area (TPSA) is 50.2 Å². The van der Waals surface area contributed by atoms with Gasteiger partial charge in [-0.2, -0.15) is 5.10 Å². The molecular weight excluding hydrogens is 312 g/mol. The highest BCUT2D eigenvalue weighted by molar-refractivity contribution is 5.95. The normalized spacial score (nSPS) is 22.9. The molecule has 1 N–H and O–H groups in total. The number of hydrogen-bond acceptors (Lipinski definition) is 3. The van der Waals surface area contributed by atoms with Gasteiger partial charge in [-0.25, -0.2) is 0 Å². The summed E-state index contributed by atoms with van der Waals surface area (Å²) in [5, 5.41) is 7.96. The second-order valence-corrected chi connectivity index (χ2v) is 7.37. The molecule has 1 aromatic carbocycles. The van der Waals surface area contributed by atoms with Crippen LogP contribution in [0.15, 0.2) is 30.3 Å². The zero-order chi connectivity index (χ0) is 17.4. The maximum atomic E-state index is 13.0. The van der Waals surface area contributed by atoms with Crippen LogP contribution in [0, 0.1) is 13.8 Å². The number of rotatable bonds is 3. The second kappa shape index (κ2) is 6.64. The molecule has 0 radical (unpaired) electrons. The molecule has 0 saturated carbocycles. The van der Waals surface area contributed by atoms with Crippen LogP contribution in [0.4, 0.5) is 0 Å². The van der Waals surface area contributed by atoms with Crippen molar-refractivity contribution in [3.8, 4) is 0 Å². The van der Waals surface area contributed by atoms with Crippen molar-refractivity contribution in [3.63, 3.8) is 0 Å². The molecule has 2 aromatic rings. The Morgan fingerprint density at radius 1 is 1.16 bits per heavy atom.